The summed E-state index contributed by atoms with van der Waals surface area (Å²) in [6.45, 7) is 7.19. The van der Waals surface area contributed by atoms with Crippen LogP contribution >= 0.6 is 0 Å². The Bertz CT molecular complexity index is 1460. The average molecular weight is 691 g/mol. The molecule has 3 aromatic rings. The Kier molecular flexibility index (Phi) is 15.2. The fourth-order valence-electron chi connectivity index (χ4n) is 6.19. The van der Waals surface area contributed by atoms with Gasteiger partial charge in [-0.1, -0.05) is 78.9 Å². The van der Waals surface area contributed by atoms with Crippen molar-refractivity contribution in [3.63, 3.8) is 0 Å². The fraction of sp³-hybridized carbons (Fsp3) is 0.500. The highest BCUT2D eigenvalue weighted by Gasteiger charge is 2.35. The van der Waals surface area contributed by atoms with Gasteiger partial charge in [0, 0.05) is 26.1 Å². The second-order valence-electron chi connectivity index (χ2n) is 14.0. The Morgan fingerprint density at radius 3 is 2.24 bits per heavy atom. The normalized spacial score (nSPS) is 17.4. The summed E-state index contributed by atoms with van der Waals surface area (Å²) < 4.78 is 21.3. The number of aliphatic hydroxyl groups excluding tert-OH is 2. The number of nitrogens with one attached hydrogen (secondary N) is 2. The molecule has 1 aliphatic carbocycles. The molecule has 0 saturated heterocycles. The summed E-state index contributed by atoms with van der Waals surface area (Å²) in [5.74, 6) is -0.921. The van der Waals surface area contributed by atoms with E-state index < -0.39 is 41.9 Å². The molecule has 3 aromatic carbocycles. The van der Waals surface area contributed by atoms with Crippen molar-refractivity contribution >= 4 is 12.0 Å². The molecule has 0 bridgehead atoms. The molecule has 3 unspecified atom stereocenters. The lowest BCUT2D eigenvalue weighted by Gasteiger charge is -2.30. The van der Waals surface area contributed by atoms with Crippen molar-refractivity contribution in [2.45, 2.75) is 89.2 Å². The molecular weight excluding hydrogens is 636 g/mol. The van der Waals surface area contributed by atoms with Crippen LogP contribution in [0.3, 0.4) is 0 Å². The molecule has 4 N–H and O–H groups in total. The topological polar surface area (TPSA) is 136 Å². The minimum absolute atomic E-state index is 0.0785. The van der Waals surface area contributed by atoms with Gasteiger partial charge in [0.25, 0.3) is 0 Å². The lowest BCUT2D eigenvalue weighted by atomic mass is 9.88. The van der Waals surface area contributed by atoms with Gasteiger partial charge in [-0.05, 0) is 80.7 Å². The summed E-state index contributed by atoms with van der Waals surface area (Å²) in [4.78, 5) is 26.9. The number of aryl methyl sites for hydroxylation is 1. The third kappa shape index (κ3) is 12.8. The summed E-state index contributed by atoms with van der Waals surface area (Å²) in [5.41, 5.74) is 4.20. The molecule has 0 saturated carbocycles. The maximum absolute atomic E-state index is 14.1. The van der Waals surface area contributed by atoms with Gasteiger partial charge in [0.05, 0.1) is 37.5 Å². The van der Waals surface area contributed by atoms with Crippen LogP contribution in [0.25, 0.3) is 0 Å². The van der Waals surface area contributed by atoms with Crippen LogP contribution in [-0.2, 0) is 49.4 Å². The first-order valence-corrected chi connectivity index (χ1v) is 17.5. The van der Waals surface area contributed by atoms with E-state index >= 15 is 0 Å². The van der Waals surface area contributed by atoms with Gasteiger partial charge in [0.1, 0.15) is 12.4 Å². The smallest absolute Gasteiger partial charge is 0.407 e. The Morgan fingerprint density at radius 2 is 1.52 bits per heavy atom. The van der Waals surface area contributed by atoms with Crippen LogP contribution in [0.2, 0.25) is 0 Å². The van der Waals surface area contributed by atoms with E-state index in [2.05, 4.69) is 22.8 Å². The van der Waals surface area contributed by atoms with Gasteiger partial charge >= 0.3 is 6.09 Å². The third-order valence-electron chi connectivity index (χ3n) is 8.72. The van der Waals surface area contributed by atoms with Gasteiger partial charge in [-0.3, -0.25) is 4.79 Å². The van der Waals surface area contributed by atoms with Gasteiger partial charge in [0.2, 0.25) is 5.91 Å². The Labute approximate surface area is 296 Å². The van der Waals surface area contributed by atoms with E-state index in [4.69, 9.17) is 18.9 Å². The molecule has 5 atom stereocenters. The molecular formula is C40H54N2O8. The Morgan fingerprint density at radius 1 is 0.860 bits per heavy atom. The number of ether oxygens (including phenoxy) is 4. The number of methoxy groups -OCH3 is 1. The van der Waals surface area contributed by atoms with Gasteiger partial charge in [-0.25, -0.2) is 4.79 Å². The highest BCUT2D eigenvalue weighted by molar-refractivity contribution is 5.80. The van der Waals surface area contributed by atoms with Gasteiger partial charge in [0.15, 0.2) is 0 Å². The number of hydrogen-bond acceptors (Lipinski definition) is 8. The maximum Gasteiger partial charge on any atom is 0.407 e. The van der Waals surface area contributed by atoms with Crippen LogP contribution in [0.15, 0.2) is 78.9 Å². The molecule has 10 nitrogen and oxygen atoms in total. The summed E-state index contributed by atoms with van der Waals surface area (Å²) in [6, 6.07) is 24.2. The van der Waals surface area contributed by atoms with Crippen molar-refractivity contribution in [3.8, 4) is 0 Å². The first-order valence-electron chi connectivity index (χ1n) is 17.5. The van der Waals surface area contributed by atoms with E-state index in [-0.39, 0.29) is 19.1 Å². The van der Waals surface area contributed by atoms with Crippen LogP contribution in [0.4, 0.5) is 4.79 Å². The highest BCUT2D eigenvalue weighted by atomic mass is 16.7. The van der Waals surface area contributed by atoms with Crippen molar-refractivity contribution in [1.82, 2.24) is 10.6 Å². The zero-order valence-electron chi connectivity index (χ0n) is 29.8. The zero-order valence-corrected chi connectivity index (χ0v) is 29.8. The first-order chi connectivity index (χ1) is 24.0. The average Bonchev–Trinajstić information content (AvgIpc) is 3.39. The molecule has 4 rings (SSSR count). The van der Waals surface area contributed by atoms with Crippen LogP contribution in [0, 0.1) is 5.92 Å². The number of alkyl carbamates (subject to hydrolysis) is 1. The number of benzene rings is 3. The molecule has 0 radical (unpaired) electrons. The molecule has 0 aromatic heterocycles. The summed E-state index contributed by atoms with van der Waals surface area (Å²) in [7, 11) is 1.63. The monoisotopic (exact) mass is 690 g/mol. The quantitative estimate of drug-likeness (QED) is 0.101. The van der Waals surface area contributed by atoms with E-state index in [9.17, 15) is 19.8 Å². The molecule has 10 heteroatoms. The molecule has 272 valence electrons. The number of aliphatic hydroxyl groups is 2. The van der Waals surface area contributed by atoms with E-state index in [1.54, 1.807) is 27.9 Å². The number of amides is 2. The van der Waals surface area contributed by atoms with Crippen LogP contribution in [0.1, 0.15) is 67.5 Å². The number of carbonyl (C=O) groups excluding carboxylic acids is 2. The van der Waals surface area contributed by atoms with Crippen molar-refractivity contribution < 1.29 is 38.7 Å². The lowest BCUT2D eigenvalue weighted by Crippen LogP contribution is -2.48. The zero-order chi connectivity index (χ0) is 35.9. The number of fused-ring (bicyclic) bond motifs is 1. The Hall–Kier alpha value is -3.80. The number of rotatable bonds is 19. The number of carbonyl (C=O) groups is 2. The minimum Gasteiger partial charge on any atom is -0.444 e. The summed E-state index contributed by atoms with van der Waals surface area (Å²) in [5, 5.41) is 28.6. The van der Waals surface area contributed by atoms with Gasteiger partial charge < -0.3 is 39.8 Å². The largest absolute Gasteiger partial charge is 0.444 e. The second kappa shape index (κ2) is 19.6. The predicted molar refractivity (Wildman–Crippen MR) is 192 cm³/mol. The molecule has 2 amide bonds. The molecule has 0 aliphatic heterocycles. The van der Waals surface area contributed by atoms with Gasteiger partial charge in [-0.15, -0.1) is 0 Å². The second-order valence-corrected chi connectivity index (χ2v) is 14.0. The predicted octanol–water partition coefficient (Wildman–Crippen LogP) is 5.08. The minimum atomic E-state index is -1.07. The van der Waals surface area contributed by atoms with Gasteiger partial charge in [-0.2, -0.15) is 0 Å². The lowest BCUT2D eigenvalue weighted by molar-refractivity contribution is -0.127. The van der Waals surface area contributed by atoms with Crippen molar-refractivity contribution in [3.05, 3.63) is 107 Å². The van der Waals surface area contributed by atoms with E-state index in [1.807, 2.05) is 66.7 Å². The molecule has 0 fully saturated rings. The molecule has 0 heterocycles. The fourth-order valence-corrected chi connectivity index (χ4v) is 6.19. The van der Waals surface area contributed by atoms with E-state index in [1.165, 1.54) is 0 Å². The summed E-state index contributed by atoms with van der Waals surface area (Å²) >= 11 is 0. The van der Waals surface area contributed by atoms with E-state index in [0.29, 0.717) is 39.1 Å². The van der Waals surface area contributed by atoms with Crippen LogP contribution in [-0.4, -0.2) is 79.8 Å². The highest BCUT2D eigenvalue weighted by Crippen LogP contribution is 2.32. The Balaban J connectivity index is 1.47. The number of hydrogen-bond donors (Lipinski definition) is 4. The molecule has 1 aliphatic rings. The standard InChI is InChI=1S/C40H54N2O8/c1-40(2,3)50-39(46)41-34(24-29-11-6-5-7-12-29)35(43)26-32(38(45)42-37-33-15-9-8-14-31(33)25-36(37)44)23-30-18-16-28(17-19-30)13-10-20-48-27-49-22-21-47-4/h5-9,11-12,14-19,32,34-37,43-44H,10,13,20-27H2,1-4H3,(H,41,46)(H,42,45)/t32?,34?,35?,36-,37-/m0/s1. The molecule has 0 spiro atoms. The van der Waals surface area contributed by atoms with Crippen LogP contribution in [0.5, 0.6) is 0 Å². The van der Waals surface area contributed by atoms with E-state index in [0.717, 1.165) is 40.7 Å². The SMILES string of the molecule is COCCOCOCCCc1ccc(CC(CC(O)C(Cc2ccccc2)NC(=O)OC(C)(C)C)C(=O)N[C@H]2c3ccccc3C[C@@H]2O)cc1. The maximum atomic E-state index is 14.1. The third-order valence-corrected chi connectivity index (χ3v) is 8.72. The van der Waals surface area contributed by atoms with Crippen molar-refractivity contribution in [2.75, 3.05) is 33.7 Å². The van der Waals surface area contributed by atoms with Crippen molar-refractivity contribution in [2.24, 2.45) is 5.92 Å². The van der Waals surface area contributed by atoms with Crippen LogP contribution < -0.4 is 10.6 Å². The summed E-state index contributed by atoms with van der Waals surface area (Å²) in [6.07, 6.45) is 0.459. The first kappa shape index (κ1) is 39.0. The van der Waals surface area contributed by atoms with Crippen molar-refractivity contribution in [1.29, 1.82) is 0 Å². The molecule has 50 heavy (non-hydrogen) atoms.